The predicted molar refractivity (Wildman–Crippen MR) is 92.9 cm³/mol. The van der Waals surface area contributed by atoms with Crippen LogP contribution in [0, 0.1) is 0 Å². The Kier molecular flexibility index (Phi) is 5.48. The Morgan fingerprint density at radius 1 is 1.28 bits per heavy atom. The molecule has 2 fully saturated rings. The average Bonchev–Trinajstić information content (AvgIpc) is 3.21. The molecule has 2 heterocycles. The van der Waals surface area contributed by atoms with E-state index in [1.54, 1.807) is 29.2 Å². The van der Waals surface area contributed by atoms with Crippen molar-refractivity contribution in [3.8, 4) is 0 Å². The van der Waals surface area contributed by atoms with Gasteiger partial charge in [-0.2, -0.15) is 0 Å². The van der Waals surface area contributed by atoms with Crippen molar-refractivity contribution in [2.75, 3.05) is 18.1 Å². The van der Waals surface area contributed by atoms with E-state index in [9.17, 15) is 14.4 Å². The molecule has 0 bridgehead atoms. The van der Waals surface area contributed by atoms with Gasteiger partial charge in [0.05, 0.1) is 18.2 Å². The standard InChI is InChI=1S/C19H24N2O4/c1-2-7-17(22)20(13-15-10-6-11-25-15)16-12-18(23)21(19(16)24)14-8-4-3-5-9-14/h3-5,8-9,15-16H,2,6-7,10-13H2,1H3. The fourth-order valence-corrected chi connectivity index (χ4v) is 3.48. The number of carbonyl (C=O) groups excluding carboxylic acids is 3. The van der Waals surface area contributed by atoms with Gasteiger partial charge in [0.25, 0.3) is 5.91 Å². The third kappa shape index (κ3) is 3.74. The molecule has 0 spiro atoms. The molecule has 0 aromatic heterocycles. The number of benzene rings is 1. The molecule has 3 amide bonds. The molecule has 2 unspecified atom stereocenters. The van der Waals surface area contributed by atoms with Crippen LogP contribution < -0.4 is 4.90 Å². The molecule has 0 saturated carbocycles. The molecule has 2 saturated heterocycles. The van der Waals surface area contributed by atoms with E-state index < -0.39 is 6.04 Å². The van der Waals surface area contributed by atoms with Crippen molar-refractivity contribution < 1.29 is 19.1 Å². The maximum absolute atomic E-state index is 12.9. The van der Waals surface area contributed by atoms with E-state index in [-0.39, 0.29) is 30.2 Å². The van der Waals surface area contributed by atoms with Crippen molar-refractivity contribution in [1.29, 1.82) is 0 Å². The molecule has 1 aromatic rings. The van der Waals surface area contributed by atoms with E-state index in [1.807, 2.05) is 13.0 Å². The summed E-state index contributed by atoms with van der Waals surface area (Å²) in [4.78, 5) is 40.7. The Morgan fingerprint density at radius 2 is 2.04 bits per heavy atom. The molecule has 2 atom stereocenters. The zero-order chi connectivity index (χ0) is 17.8. The fourth-order valence-electron chi connectivity index (χ4n) is 3.48. The minimum atomic E-state index is -0.726. The Balaban J connectivity index is 1.81. The number of hydrogen-bond acceptors (Lipinski definition) is 4. The van der Waals surface area contributed by atoms with E-state index in [0.29, 0.717) is 31.7 Å². The molecule has 0 aliphatic carbocycles. The first-order valence-corrected chi connectivity index (χ1v) is 8.94. The predicted octanol–water partition coefficient (Wildman–Crippen LogP) is 2.13. The highest BCUT2D eigenvalue weighted by molar-refractivity contribution is 6.23. The van der Waals surface area contributed by atoms with Crippen LogP contribution in [0.1, 0.15) is 39.0 Å². The van der Waals surface area contributed by atoms with Crippen molar-refractivity contribution in [2.45, 2.75) is 51.2 Å². The summed E-state index contributed by atoms with van der Waals surface area (Å²) in [5.41, 5.74) is 0.556. The lowest BCUT2D eigenvalue weighted by Crippen LogP contribution is -2.48. The Bertz CT molecular complexity index is 640. The van der Waals surface area contributed by atoms with Crippen LogP contribution >= 0.6 is 0 Å². The van der Waals surface area contributed by atoms with Gasteiger partial charge >= 0.3 is 0 Å². The van der Waals surface area contributed by atoms with Crippen LogP contribution in [-0.4, -0.2) is 47.9 Å². The molecule has 6 nitrogen and oxygen atoms in total. The lowest BCUT2D eigenvalue weighted by Gasteiger charge is -2.29. The number of nitrogens with zero attached hydrogens (tertiary/aromatic N) is 2. The number of ether oxygens (including phenoxy) is 1. The Morgan fingerprint density at radius 3 is 2.68 bits per heavy atom. The van der Waals surface area contributed by atoms with Gasteiger partial charge in [0.1, 0.15) is 6.04 Å². The third-order valence-electron chi connectivity index (χ3n) is 4.72. The van der Waals surface area contributed by atoms with E-state index in [2.05, 4.69) is 0 Å². The van der Waals surface area contributed by atoms with Gasteiger partial charge in [0.15, 0.2) is 0 Å². The van der Waals surface area contributed by atoms with Crippen molar-refractivity contribution in [3.05, 3.63) is 30.3 Å². The van der Waals surface area contributed by atoms with E-state index in [4.69, 9.17) is 4.74 Å². The summed E-state index contributed by atoms with van der Waals surface area (Å²) in [6, 6.07) is 8.15. The number of anilines is 1. The van der Waals surface area contributed by atoms with Gasteiger partial charge in [-0.1, -0.05) is 25.1 Å². The Hall–Kier alpha value is -2.21. The smallest absolute Gasteiger partial charge is 0.257 e. The Labute approximate surface area is 147 Å². The number of amides is 3. The normalized spacial score (nSPS) is 23.3. The minimum absolute atomic E-state index is 0.0376. The van der Waals surface area contributed by atoms with Crippen molar-refractivity contribution in [2.24, 2.45) is 0 Å². The van der Waals surface area contributed by atoms with Crippen LogP contribution in [0.2, 0.25) is 0 Å². The molecule has 25 heavy (non-hydrogen) atoms. The summed E-state index contributed by atoms with van der Waals surface area (Å²) < 4.78 is 5.64. The van der Waals surface area contributed by atoms with Crippen LogP contribution in [0.3, 0.4) is 0 Å². The van der Waals surface area contributed by atoms with E-state index in [0.717, 1.165) is 12.8 Å². The molecular formula is C19H24N2O4. The first-order chi connectivity index (χ1) is 12.1. The first-order valence-electron chi connectivity index (χ1n) is 8.94. The number of hydrogen-bond donors (Lipinski definition) is 0. The van der Waals surface area contributed by atoms with Gasteiger partial charge in [0, 0.05) is 19.6 Å². The molecule has 134 valence electrons. The van der Waals surface area contributed by atoms with Gasteiger partial charge in [-0.05, 0) is 31.4 Å². The number of para-hydroxylation sites is 1. The van der Waals surface area contributed by atoms with Gasteiger partial charge in [-0.3, -0.25) is 14.4 Å². The zero-order valence-corrected chi connectivity index (χ0v) is 14.5. The second-order valence-electron chi connectivity index (χ2n) is 6.55. The third-order valence-corrected chi connectivity index (χ3v) is 4.72. The molecule has 3 rings (SSSR count). The van der Waals surface area contributed by atoms with Gasteiger partial charge in [-0.15, -0.1) is 0 Å². The quantitative estimate of drug-likeness (QED) is 0.742. The molecule has 0 radical (unpaired) electrons. The maximum atomic E-state index is 12.9. The van der Waals surface area contributed by atoms with Gasteiger partial charge in [0.2, 0.25) is 11.8 Å². The van der Waals surface area contributed by atoms with Gasteiger partial charge < -0.3 is 9.64 Å². The molecule has 2 aliphatic rings. The van der Waals surface area contributed by atoms with Crippen LogP contribution in [0.15, 0.2) is 30.3 Å². The summed E-state index contributed by atoms with van der Waals surface area (Å²) in [7, 11) is 0. The highest BCUT2D eigenvalue weighted by Crippen LogP contribution is 2.27. The van der Waals surface area contributed by atoms with Crippen molar-refractivity contribution >= 4 is 23.4 Å². The zero-order valence-electron chi connectivity index (χ0n) is 14.5. The molecule has 2 aliphatic heterocycles. The van der Waals surface area contributed by atoms with Crippen LogP contribution in [0.4, 0.5) is 5.69 Å². The van der Waals surface area contributed by atoms with Crippen LogP contribution in [0.25, 0.3) is 0 Å². The topological polar surface area (TPSA) is 66.9 Å². The van der Waals surface area contributed by atoms with Crippen LogP contribution in [-0.2, 0) is 19.1 Å². The average molecular weight is 344 g/mol. The van der Waals surface area contributed by atoms with Crippen molar-refractivity contribution in [1.82, 2.24) is 4.90 Å². The number of rotatable bonds is 6. The summed E-state index contributed by atoms with van der Waals surface area (Å²) in [6.07, 6.45) is 2.92. The molecule has 6 heteroatoms. The SMILES string of the molecule is CCCC(=O)N(CC1CCCO1)C1CC(=O)N(c2ccccc2)C1=O. The lowest BCUT2D eigenvalue weighted by atomic mass is 10.1. The highest BCUT2D eigenvalue weighted by Gasteiger charge is 2.44. The first kappa shape index (κ1) is 17.6. The summed E-state index contributed by atoms with van der Waals surface area (Å²) in [6.45, 7) is 3.00. The number of carbonyl (C=O) groups is 3. The second-order valence-corrected chi connectivity index (χ2v) is 6.55. The monoisotopic (exact) mass is 344 g/mol. The molecule has 0 N–H and O–H groups in total. The largest absolute Gasteiger partial charge is 0.376 e. The summed E-state index contributed by atoms with van der Waals surface area (Å²) >= 11 is 0. The fraction of sp³-hybridized carbons (Fsp3) is 0.526. The maximum Gasteiger partial charge on any atom is 0.257 e. The van der Waals surface area contributed by atoms with Crippen molar-refractivity contribution in [3.63, 3.8) is 0 Å². The van der Waals surface area contributed by atoms with Crippen LogP contribution in [0.5, 0.6) is 0 Å². The highest BCUT2D eigenvalue weighted by atomic mass is 16.5. The van der Waals surface area contributed by atoms with E-state index in [1.165, 1.54) is 4.90 Å². The second kappa shape index (κ2) is 7.78. The van der Waals surface area contributed by atoms with Gasteiger partial charge in [-0.25, -0.2) is 4.90 Å². The van der Waals surface area contributed by atoms with E-state index >= 15 is 0 Å². The minimum Gasteiger partial charge on any atom is -0.376 e. The summed E-state index contributed by atoms with van der Waals surface area (Å²) in [5, 5.41) is 0. The molecule has 1 aromatic carbocycles. The lowest BCUT2D eigenvalue weighted by molar-refractivity contribution is -0.140. The number of imide groups is 1. The molecular weight excluding hydrogens is 320 g/mol. The summed E-state index contributed by atoms with van der Waals surface area (Å²) in [5.74, 6) is -0.666.